The van der Waals surface area contributed by atoms with E-state index in [-0.39, 0.29) is 35.4 Å². The van der Waals surface area contributed by atoms with E-state index in [2.05, 4.69) is 20.8 Å². The molecule has 5 aliphatic rings. The third kappa shape index (κ3) is 4.67. The zero-order valence-electron chi connectivity index (χ0n) is 23.0. The van der Waals surface area contributed by atoms with Crippen LogP contribution < -0.4 is 0 Å². The Morgan fingerprint density at radius 2 is 1.69 bits per heavy atom. The topological polar surface area (TPSA) is 96.2 Å². The van der Waals surface area contributed by atoms with Gasteiger partial charge in [-0.2, -0.15) is 0 Å². The fourth-order valence-electron chi connectivity index (χ4n) is 10.1. The van der Waals surface area contributed by atoms with E-state index in [1.807, 2.05) is 6.92 Å². The molecular formula is C30H50O6. The highest BCUT2D eigenvalue weighted by atomic mass is 16.6. The van der Waals surface area contributed by atoms with Crippen LogP contribution in [0, 0.1) is 46.3 Å². The van der Waals surface area contributed by atoms with Gasteiger partial charge in [-0.15, -0.1) is 0 Å². The number of aliphatic hydroxyl groups excluding tert-OH is 3. The Labute approximate surface area is 217 Å². The molecule has 5 rings (SSSR count). The van der Waals surface area contributed by atoms with Crippen LogP contribution in [-0.2, 0) is 14.3 Å². The summed E-state index contributed by atoms with van der Waals surface area (Å²) in [5.74, 6) is 2.80. The first kappa shape index (κ1) is 26.9. The van der Waals surface area contributed by atoms with Crippen molar-refractivity contribution < 1.29 is 29.6 Å². The van der Waals surface area contributed by atoms with Crippen LogP contribution in [0.1, 0.15) is 105 Å². The van der Waals surface area contributed by atoms with Crippen molar-refractivity contribution in [3.05, 3.63) is 0 Å². The third-order valence-electron chi connectivity index (χ3n) is 12.1. The lowest BCUT2D eigenvalue weighted by Gasteiger charge is -2.62. The van der Waals surface area contributed by atoms with Crippen molar-refractivity contribution in [3.63, 3.8) is 0 Å². The van der Waals surface area contributed by atoms with Crippen LogP contribution in [0.15, 0.2) is 0 Å². The van der Waals surface area contributed by atoms with E-state index in [1.165, 1.54) is 25.7 Å². The molecule has 4 saturated carbocycles. The molecule has 0 aromatic rings. The van der Waals surface area contributed by atoms with Crippen molar-refractivity contribution in [2.24, 2.45) is 46.3 Å². The minimum atomic E-state index is -0.859. The summed E-state index contributed by atoms with van der Waals surface area (Å²) in [5.41, 5.74) is -0.137. The van der Waals surface area contributed by atoms with Crippen LogP contribution in [0.5, 0.6) is 0 Å². The molecule has 3 N–H and O–H groups in total. The average molecular weight is 507 g/mol. The van der Waals surface area contributed by atoms with E-state index < -0.39 is 11.9 Å². The van der Waals surface area contributed by atoms with Gasteiger partial charge in [0.15, 0.2) is 6.29 Å². The molecule has 1 saturated heterocycles. The summed E-state index contributed by atoms with van der Waals surface area (Å²) in [4.78, 5) is 11.7. The summed E-state index contributed by atoms with van der Waals surface area (Å²) in [5, 5.41) is 32.4. The number of esters is 1. The van der Waals surface area contributed by atoms with Crippen molar-refractivity contribution in [1.82, 2.24) is 0 Å². The second-order valence-corrected chi connectivity index (χ2v) is 14.2. The maximum atomic E-state index is 11.7. The van der Waals surface area contributed by atoms with E-state index >= 15 is 0 Å². The van der Waals surface area contributed by atoms with Gasteiger partial charge in [0.05, 0.1) is 30.8 Å². The normalized spacial score (nSPS) is 50.4. The molecule has 0 aromatic carbocycles. The molecule has 0 spiro atoms. The minimum Gasteiger partial charge on any atom is -0.465 e. The highest BCUT2D eigenvalue weighted by Gasteiger charge is 2.62. The molecule has 1 heterocycles. The molecule has 0 radical (unpaired) electrons. The number of aliphatic hydroxyl groups is 3. The quantitative estimate of drug-likeness (QED) is 0.353. The van der Waals surface area contributed by atoms with Crippen molar-refractivity contribution >= 4 is 5.97 Å². The van der Waals surface area contributed by atoms with E-state index in [4.69, 9.17) is 9.47 Å². The van der Waals surface area contributed by atoms with E-state index in [0.29, 0.717) is 55.0 Å². The van der Waals surface area contributed by atoms with E-state index in [1.54, 1.807) is 0 Å². The molecule has 0 amide bonds. The van der Waals surface area contributed by atoms with Gasteiger partial charge >= 0.3 is 5.97 Å². The second kappa shape index (κ2) is 9.81. The maximum absolute atomic E-state index is 11.7. The minimum absolute atomic E-state index is 0.189. The Balaban J connectivity index is 1.22. The number of carbonyl (C=O) groups is 1. The number of carbonyl (C=O) groups excluding carboxylic acids is 1. The zero-order valence-corrected chi connectivity index (χ0v) is 23.0. The maximum Gasteiger partial charge on any atom is 0.308 e. The van der Waals surface area contributed by atoms with Gasteiger partial charge < -0.3 is 24.8 Å². The van der Waals surface area contributed by atoms with Gasteiger partial charge in [-0.25, -0.2) is 0 Å². The highest BCUT2D eigenvalue weighted by Crippen LogP contribution is 2.68. The first-order chi connectivity index (χ1) is 16.9. The van der Waals surface area contributed by atoms with Crippen LogP contribution in [0.2, 0.25) is 0 Å². The van der Waals surface area contributed by atoms with Crippen LogP contribution >= 0.6 is 0 Å². The number of hydrogen-bond acceptors (Lipinski definition) is 6. The molecule has 11 unspecified atom stereocenters. The Morgan fingerprint density at radius 3 is 2.44 bits per heavy atom. The smallest absolute Gasteiger partial charge is 0.308 e. The number of fused-ring (bicyclic) bond motifs is 5. The first-order valence-corrected chi connectivity index (χ1v) is 14.8. The SMILES string of the molecule is CC(CCC(O)OC1(C)CCOC(=O)C1)C1CCC2C3C(CCC12C)C1(C)CCC(O)CC1C[C@@H]3O. The van der Waals surface area contributed by atoms with Crippen LogP contribution in [0.25, 0.3) is 0 Å². The molecule has 206 valence electrons. The summed E-state index contributed by atoms with van der Waals surface area (Å²) in [6, 6.07) is 0. The van der Waals surface area contributed by atoms with E-state index in [9.17, 15) is 20.1 Å². The Morgan fingerprint density at radius 1 is 0.972 bits per heavy atom. The summed E-state index contributed by atoms with van der Waals surface area (Å²) < 4.78 is 11.0. The average Bonchev–Trinajstić information content (AvgIpc) is 3.15. The summed E-state index contributed by atoms with van der Waals surface area (Å²) >= 11 is 0. The van der Waals surface area contributed by atoms with Crippen LogP contribution in [-0.4, -0.2) is 52.0 Å². The van der Waals surface area contributed by atoms with Crippen LogP contribution in [0.4, 0.5) is 0 Å². The number of cyclic esters (lactones) is 1. The fourth-order valence-corrected chi connectivity index (χ4v) is 10.1. The molecule has 12 atom stereocenters. The molecule has 36 heavy (non-hydrogen) atoms. The van der Waals surface area contributed by atoms with Gasteiger partial charge in [0.1, 0.15) is 0 Å². The Hall–Kier alpha value is -0.690. The molecule has 4 aliphatic carbocycles. The summed E-state index contributed by atoms with van der Waals surface area (Å²) in [6.07, 6.45) is 9.59. The Kier molecular flexibility index (Phi) is 7.33. The first-order valence-electron chi connectivity index (χ1n) is 14.8. The standard InChI is InChI=1S/C30H50O6/c1-18(5-8-25(33)36-28(2)13-14-35-26(34)17-28)21-6-7-22-27-23(10-12-30(21,22)4)29(3)11-9-20(31)15-19(29)16-24(27)32/h18-25,27,31-33H,5-17H2,1-4H3/t18?,19?,20?,21?,22?,23?,24-,25?,27?,28?,29?,30?/m0/s1. The predicted molar refractivity (Wildman–Crippen MR) is 137 cm³/mol. The monoisotopic (exact) mass is 506 g/mol. The van der Waals surface area contributed by atoms with Gasteiger partial charge in [-0.1, -0.05) is 20.8 Å². The van der Waals surface area contributed by atoms with Crippen molar-refractivity contribution in [2.45, 2.75) is 129 Å². The fraction of sp³-hybridized carbons (Fsp3) is 0.967. The lowest BCUT2D eigenvalue weighted by molar-refractivity contribution is -0.209. The van der Waals surface area contributed by atoms with E-state index in [0.717, 1.165) is 32.1 Å². The molecule has 0 aromatic heterocycles. The number of ether oxygens (including phenoxy) is 2. The predicted octanol–water partition coefficient (Wildman–Crippen LogP) is 4.82. The van der Waals surface area contributed by atoms with Gasteiger partial charge in [0, 0.05) is 6.42 Å². The molecule has 6 heteroatoms. The van der Waals surface area contributed by atoms with Crippen molar-refractivity contribution in [2.75, 3.05) is 6.61 Å². The molecule has 1 aliphatic heterocycles. The lowest BCUT2D eigenvalue weighted by Crippen LogP contribution is -2.58. The molecular weight excluding hydrogens is 456 g/mol. The van der Waals surface area contributed by atoms with Gasteiger partial charge in [-0.05, 0) is 117 Å². The summed E-state index contributed by atoms with van der Waals surface area (Å²) in [6.45, 7) is 9.56. The highest BCUT2D eigenvalue weighted by molar-refractivity contribution is 5.71. The van der Waals surface area contributed by atoms with Crippen LogP contribution in [0.3, 0.4) is 0 Å². The van der Waals surface area contributed by atoms with Crippen molar-refractivity contribution in [3.8, 4) is 0 Å². The molecule has 6 nitrogen and oxygen atoms in total. The lowest BCUT2D eigenvalue weighted by atomic mass is 9.43. The molecule has 0 bridgehead atoms. The van der Waals surface area contributed by atoms with Gasteiger partial charge in [0.25, 0.3) is 0 Å². The Bertz CT molecular complexity index is 817. The van der Waals surface area contributed by atoms with Gasteiger partial charge in [-0.3, -0.25) is 4.79 Å². The molecule has 5 fully saturated rings. The number of hydrogen-bond donors (Lipinski definition) is 3. The second-order valence-electron chi connectivity index (χ2n) is 14.2. The largest absolute Gasteiger partial charge is 0.465 e. The summed E-state index contributed by atoms with van der Waals surface area (Å²) in [7, 11) is 0. The van der Waals surface area contributed by atoms with Gasteiger partial charge in [0.2, 0.25) is 0 Å². The third-order valence-corrected chi connectivity index (χ3v) is 12.1. The van der Waals surface area contributed by atoms with Crippen molar-refractivity contribution in [1.29, 1.82) is 0 Å². The zero-order chi connectivity index (χ0) is 25.9. The number of rotatable bonds is 6.